The molecule has 2 aromatic rings. The van der Waals surface area contributed by atoms with Crippen molar-refractivity contribution in [3.8, 4) is 0 Å². The van der Waals surface area contributed by atoms with Crippen molar-refractivity contribution >= 4 is 23.6 Å². The smallest absolute Gasteiger partial charge is 0.408 e. The van der Waals surface area contributed by atoms with Crippen LogP contribution >= 0.6 is 0 Å². The van der Waals surface area contributed by atoms with Crippen LogP contribution in [0.15, 0.2) is 36.4 Å². The van der Waals surface area contributed by atoms with E-state index < -0.39 is 17.7 Å². The molecule has 194 valence electrons. The van der Waals surface area contributed by atoms with Crippen molar-refractivity contribution in [1.29, 1.82) is 0 Å². The van der Waals surface area contributed by atoms with Gasteiger partial charge in [-0.3, -0.25) is 9.59 Å². The molecule has 3 unspecified atom stereocenters. The largest absolute Gasteiger partial charge is 0.444 e. The summed E-state index contributed by atoms with van der Waals surface area (Å²) in [4.78, 5) is 41.5. The summed E-state index contributed by atoms with van der Waals surface area (Å²) < 4.78 is 5.30. The van der Waals surface area contributed by atoms with Crippen molar-refractivity contribution in [3.05, 3.63) is 64.2 Å². The molecule has 0 radical (unpaired) electrons. The topological polar surface area (TPSA) is 87.7 Å². The predicted octanol–water partition coefficient (Wildman–Crippen LogP) is 5.36. The SMILES string of the molecule is Cc1ccc(C)c(C(C(=O)Nc2c(C)cccc2C)N(C(=O)CNC(=O)OC(C)(C)C)C2CC2C)c1. The van der Waals surface area contributed by atoms with Crippen LogP contribution in [0.4, 0.5) is 10.5 Å². The number of aryl methyl sites for hydroxylation is 4. The first-order chi connectivity index (χ1) is 16.8. The lowest BCUT2D eigenvalue weighted by Gasteiger charge is -2.33. The molecule has 3 atom stereocenters. The normalized spacial score (nSPS) is 17.7. The van der Waals surface area contributed by atoms with E-state index >= 15 is 0 Å². The Morgan fingerprint density at radius 2 is 1.64 bits per heavy atom. The average Bonchev–Trinajstić information content (AvgIpc) is 3.49. The lowest BCUT2D eigenvalue weighted by Crippen LogP contribution is -2.48. The Balaban J connectivity index is 1.98. The van der Waals surface area contributed by atoms with E-state index in [4.69, 9.17) is 4.74 Å². The number of ether oxygens (including phenoxy) is 1. The predicted molar refractivity (Wildman–Crippen MR) is 142 cm³/mol. The van der Waals surface area contributed by atoms with Crippen LogP contribution in [0.1, 0.15) is 68.0 Å². The lowest BCUT2D eigenvalue weighted by molar-refractivity contribution is -0.139. The van der Waals surface area contributed by atoms with Crippen LogP contribution in [0, 0.1) is 33.6 Å². The molecule has 2 aromatic carbocycles. The van der Waals surface area contributed by atoms with Crippen molar-refractivity contribution in [3.63, 3.8) is 0 Å². The second kappa shape index (κ2) is 10.7. The molecule has 3 rings (SSSR count). The Labute approximate surface area is 214 Å². The third-order valence-corrected chi connectivity index (χ3v) is 6.48. The van der Waals surface area contributed by atoms with Gasteiger partial charge in [-0.2, -0.15) is 0 Å². The first-order valence-corrected chi connectivity index (χ1v) is 12.5. The molecule has 0 aromatic heterocycles. The third kappa shape index (κ3) is 6.65. The molecule has 0 spiro atoms. The number of hydrogen-bond donors (Lipinski definition) is 2. The summed E-state index contributed by atoms with van der Waals surface area (Å²) in [5.41, 5.74) is 4.69. The van der Waals surface area contributed by atoms with Crippen molar-refractivity contribution in [2.24, 2.45) is 5.92 Å². The van der Waals surface area contributed by atoms with E-state index in [-0.39, 0.29) is 30.3 Å². The Hall–Kier alpha value is -3.35. The van der Waals surface area contributed by atoms with Crippen molar-refractivity contribution in [2.75, 3.05) is 11.9 Å². The summed E-state index contributed by atoms with van der Waals surface area (Å²) in [7, 11) is 0. The van der Waals surface area contributed by atoms with Gasteiger partial charge in [0.2, 0.25) is 5.91 Å². The van der Waals surface area contributed by atoms with Crippen LogP contribution in [0.2, 0.25) is 0 Å². The molecule has 36 heavy (non-hydrogen) atoms. The monoisotopic (exact) mass is 493 g/mol. The molecule has 7 heteroatoms. The van der Waals surface area contributed by atoms with Crippen molar-refractivity contribution < 1.29 is 19.1 Å². The van der Waals surface area contributed by atoms with Crippen LogP contribution in [0.3, 0.4) is 0 Å². The summed E-state index contributed by atoms with van der Waals surface area (Å²) in [5, 5.41) is 5.68. The molecule has 0 bridgehead atoms. The molecule has 7 nitrogen and oxygen atoms in total. The van der Waals surface area contributed by atoms with Crippen LogP contribution in [-0.2, 0) is 14.3 Å². The second-order valence-electron chi connectivity index (χ2n) is 11.0. The molecule has 0 aliphatic heterocycles. The number of para-hydroxylation sites is 1. The molecular weight excluding hydrogens is 454 g/mol. The highest BCUT2D eigenvalue weighted by atomic mass is 16.6. The molecule has 1 aliphatic carbocycles. The highest BCUT2D eigenvalue weighted by molar-refractivity contribution is 5.99. The van der Waals surface area contributed by atoms with Crippen LogP contribution in [-0.4, -0.2) is 41.0 Å². The van der Waals surface area contributed by atoms with Gasteiger partial charge in [0.1, 0.15) is 18.2 Å². The molecule has 1 fully saturated rings. The van der Waals surface area contributed by atoms with Crippen LogP contribution in [0.5, 0.6) is 0 Å². The number of amides is 3. The summed E-state index contributed by atoms with van der Waals surface area (Å²) >= 11 is 0. The van der Waals surface area contributed by atoms with Gasteiger partial charge in [0, 0.05) is 11.7 Å². The van der Waals surface area contributed by atoms with E-state index in [0.717, 1.165) is 39.9 Å². The number of alkyl carbamates (subject to hydrolysis) is 1. The third-order valence-electron chi connectivity index (χ3n) is 6.48. The fourth-order valence-electron chi connectivity index (χ4n) is 4.44. The summed E-state index contributed by atoms with van der Waals surface area (Å²) in [6.07, 6.45) is 0.138. The van der Waals surface area contributed by atoms with Gasteiger partial charge in [-0.05, 0) is 83.1 Å². The molecule has 3 amide bonds. The number of rotatable bonds is 7. The number of nitrogens with one attached hydrogen (secondary N) is 2. The van der Waals surface area contributed by atoms with E-state index in [1.54, 1.807) is 25.7 Å². The van der Waals surface area contributed by atoms with Gasteiger partial charge in [0.25, 0.3) is 5.91 Å². The Kier molecular flexibility index (Phi) is 8.12. The minimum atomic E-state index is -0.841. The van der Waals surface area contributed by atoms with Crippen LogP contribution < -0.4 is 10.6 Å². The number of benzene rings is 2. The second-order valence-corrected chi connectivity index (χ2v) is 11.0. The summed E-state index contributed by atoms with van der Waals surface area (Å²) in [6, 6.07) is 10.9. The fraction of sp³-hybridized carbons (Fsp3) is 0.483. The highest BCUT2D eigenvalue weighted by Gasteiger charge is 2.46. The van der Waals surface area contributed by atoms with Gasteiger partial charge in [-0.25, -0.2) is 4.79 Å². The molecule has 2 N–H and O–H groups in total. The highest BCUT2D eigenvalue weighted by Crippen LogP contribution is 2.41. The number of carbonyl (C=O) groups excluding carboxylic acids is 3. The van der Waals surface area contributed by atoms with Gasteiger partial charge in [-0.1, -0.05) is 48.9 Å². The zero-order valence-electron chi connectivity index (χ0n) is 22.7. The Morgan fingerprint density at radius 1 is 1.03 bits per heavy atom. The van der Waals surface area contributed by atoms with Crippen molar-refractivity contribution in [2.45, 2.75) is 79.5 Å². The number of nitrogens with zero attached hydrogens (tertiary/aromatic N) is 1. The fourth-order valence-corrected chi connectivity index (χ4v) is 4.44. The van der Waals surface area contributed by atoms with Gasteiger partial charge in [0.15, 0.2) is 0 Å². The number of hydrogen-bond acceptors (Lipinski definition) is 4. The summed E-state index contributed by atoms with van der Waals surface area (Å²) in [6.45, 7) is 14.9. The maximum absolute atomic E-state index is 14.0. The van der Waals surface area contributed by atoms with E-state index in [1.165, 1.54) is 0 Å². The zero-order chi connectivity index (χ0) is 26.8. The van der Waals surface area contributed by atoms with E-state index in [9.17, 15) is 14.4 Å². The van der Waals surface area contributed by atoms with Crippen molar-refractivity contribution in [1.82, 2.24) is 10.2 Å². The quantitative estimate of drug-likeness (QED) is 0.543. The summed E-state index contributed by atoms with van der Waals surface area (Å²) in [5.74, 6) is -0.334. The van der Waals surface area contributed by atoms with Gasteiger partial charge in [0.05, 0.1) is 0 Å². The molecule has 0 heterocycles. The van der Waals surface area contributed by atoms with E-state index in [1.807, 2.05) is 64.1 Å². The van der Waals surface area contributed by atoms with Crippen LogP contribution in [0.25, 0.3) is 0 Å². The molecule has 1 aliphatic rings. The zero-order valence-corrected chi connectivity index (χ0v) is 22.7. The van der Waals surface area contributed by atoms with Gasteiger partial charge in [-0.15, -0.1) is 0 Å². The average molecular weight is 494 g/mol. The van der Waals surface area contributed by atoms with E-state index in [2.05, 4.69) is 17.6 Å². The number of anilines is 1. The molecule has 1 saturated carbocycles. The first-order valence-electron chi connectivity index (χ1n) is 12.5. The van der Waals surface area contributed by atoms with E-state index in [0.29, 0.717) is 0 Å². The maximum atomic E-state index is 14.0. The molecule has 0 saturated heterocycles. The first kappa shape index (κ1) is 27.2. The standard InChI is InChI=1S/C29H39N3O4/c1-17-12-13-18(2)22(14-17)26(27(34)31-25-19(3)10-9-11-20(25)4)32(23-15-21(23)5)24(33)16-30-28(35)36-29(6,7)8/h9-14,21,23,26H,15-16H2,1-8H3,(H,30,35)(H,31,34). The number of carbonyl (C=O) groups is 3. The Morgan fingerprint density at radius 3 is 2.19 bits per heavy atom. The minimum absolute atomic E-state index is 0.0911. The molecular formula is C29H39N3O4. The Bertz CT molecular complexity index is 1130. The minimum Gasteiger partial charge on any atom is -0.444 e. The lowest BCUT2D eigenvalue weighted by atomic mass is 9.96. The maximum Gasteiger partial charge on any atom is 0.408 e. The van der Waals surface area contributed by atoms with Gasteiger partial charge < -0.3 is 20.3 Å². The van der Waals surface area contributed by atoms with Gasteiger partial charge >= 0.3 is 6.09 Å².